The van der Waals surface area contributed by atoms with E-state index in [1.54, 1.807) is 97.1 Å². The lowest BCUT2D eigenvalue weighted by atomic mass is 10.2. The number of aryl methyl sites for hydroxylation is 6. The summed E-state index contributed by atoms with van der Waals surface area (Å²) < 4.78 is 89.9. The molecule has 0 spiro atoms. The summed E-state index contributed by atoms with van der Waals surface area (Å²) >= 11 is 0. The lowest BCUT2D eigenvalue weighted by molar-refractivity contribution is 0.418. The summed E-state index contributed by atoms with van der Waals surface area (Å²) in [6.45, 7) is 11.0. The molecule has 0 atom stereocenters. The van der Waals surface area contributed by atoms with E-state index in [0.29, 0.717) is 28.6 Å². The van der Waals surface area contributed by atoms with Crippen molar-refractivity contribution in [1.29, 1.82) is 0 Å². The van der Waals surface area contributed by atoms with Crippen LogP contribution in [0.5, 0.6) is 23.0 Å². The Morgan fingerprint density at radius 2 is 0.762 bits per heavy atom. The Morgan fingerprint density at radius 1 is 0.397 bits per heavy atom. The monoisotopic (exact) mass is 918 g/mol. The first kappa shape index (κ1) is 45.3. The van der Waals surface area contributed by atoms with Crippen LogP contribution in [-0.2, 0) is 26.6 Å². The third kappa shape index (κ3) is 11.3. The highest BCUT2D eigenvalue weighted by molar-refractivity contribution is 7.99. The molecule has 324 valence electrons. The van der Waals surface area contributed by atoms with Gasteiger partial charge in [0.2, 0.25) is 0 Å². The molecule has 0 saturated carbocycles. The molecule has 7 rings (SSSR count). The number of para-hydroxylation sites is 1. The summed E-state index contributed by atoms with van der Waals surface area (Å²) in [7, 11) is -14.1. The Hall–Kier alpha value is -5.74. The molecule has 0 saturated heterocycles. The fourth-order valence-corrected chi connectivity index (χ4v) is 13.1. The van der Waals surface area contributed by atoms with Crippen LogP contribution >= 0.6 is 17.1 Å². The Morgan fingerprint density at radius 3 is 1.16 bits per heavy atom. The van der Waals surface area contributed by atoms with Gasteiger partial charge in [0, 0.05) is 0 Å². The van der Waals surface area contributed by atoms with Crippen LogP contribution in [0.2, 0.25) is 0 Å². The minimum absolute atomic E-state index is 0.00397. The number of nitrogens with zero attached hydrogens (tertiary/aromatic N) is 2. The lowest BCUT2D eigenvalue weighted by Gasteiger charge is -2.33. The van der Waals surface area contributed by atoms with Crippen molar-refractivity contribution in [3.05, 3.63) is 209 Å². The van der Waals surface area contributed by atoms with E-state index in [2.05, 4.69) is 0 Å². The molecular weight excluding hydrogens is 871 g/mol. The highest BCUT2D eigenvalue weighted by Crippen LogP contribution is 2.53. The molecule has 0 radical (unpaired) electrons. The number of sulfonamides is 2. The van der Waals surface area contributed by atoms with Crippen molar-refractivity contribution in [1.82, 2.24) is 4.08 Å². The van der Waals surface area contributed by atoms with E-state index in [-0.39, 0.29) is 15.5 Å². The van der Waals surface area contributed by atoms with E-state index in [1.165, 1.54) is 24.3 Å². The zero-order chi connectivity index (χ0) is 44.7. The van der Waals surface area contributed by atoms with Crippen LogP contribution in [0.25, 0.3) is 0 Å². The van der Waals surface area contributed by atoms with Crippen molar-refractivity contribution in [2.45, 2.75) is 57.9 Å². The summed E-state index contributed by atoms with van der Waals surface area (Å²) in [4.78, 5) is -0.0243. The largest absolute Gasteiger partial charge is 0.432 e. The molecule has 10 nitrogen and oxygen atoms in total. The highest BCUT2D eigenvalue weighted by Gasteiger charge is 2.42. The Kier molecular flexibility index (Phi) is 14.2. The van der Waals surface area contributed by atoms with E-state index in [0.717, 1.165) is 41.5 Å². The van der Waals surface area contributed by atoms with Crippen molar-refractivity contribution >= 4 is 42.8 Å². The van der Waals surface area contributed by atoms with Crippen LogP contribution in [-0.4, -0.2) is 20.9 Å². The molecule has 0 amide bonds. The van der Waals surface area contributed by atoms with Crippen molar-refractivity contribution in [2.24, 2.45) is 0 Å². The molecule has 0 N–H and O–H groups in total. The summed E-state index contributed by atoms with van der Waals surface area (Å²) in [6, 6.07) is 48.8. The zero-order valence-corrected chi connectivity index (χ0v) is 39.2. The van der Waals surface area contributed by atoms with Gasteiger partial charge >= 0.3 is 17.1 Å². The minimum Gasteiger partial charge on any atom is -0.426 e. The second-order valence-electron chi connectivity index (χ2n) is 15.1. The van der Waals surface area contributed by atoms with Crippen molar-refractivity contribution in [3.63, 3.8) is 0 Å². The Balaban J connectivity index is 1.44. The molecule has 63 heavy (non-hydrogen) atoms. The van der Waals surface area contributed by atoms with Gasteiger partial charge in [-0.25, -0.2) is 16.8 Å². The SMILES string of the molecule is Cc1ccc(S(=O)(=O)N(Cc2ccccc2N(P(Oc2cccc(C)c2)Oc2cccc(C)c2)S(=O)(=O)c2ccc(C)cc2)P(Oc2cccc(C)c2)Oc2cccc(C)c2)cc1. The molecule has 0 aliphatic rings. The molecule has 7 aromatic rings. The van der Waals surface area contributed by atoms with Crippen LogP contribution in [0.3, 0.4) is 0 Å². The molecular formula is C49H48N2O8P2S2. The van der Waals surface area contributed by atoms with Gasteiger partial charge in [-0.15, -0.1) is 4.08 Å². The van der Waals surface area contributed by atoms with Crippen LogP contribution in [0.1, 0.15) is 38.9 Å². The van der Waals surface area contributed by atoms with Crippen molar-refractivity contribution in [3.8, 4) is 23.0 Å². The fourth-order valence-electron chi connectivity index (χ4n) is 6.41. The number of benzene rings is 7. The molecule has 0 heterocycles. The molecule has 0 fully saturated rings. The van der Waals surface area contributed by atoms with Crippen molar-refractivity contribution in [2.75, 3.05) is 4.08 Å². The molecule has 0 aliphatic heterocycles. The van der Waals surface area contributed by atoms with Crippen LogP contribution in [0, 0.1) is 41.5 Å². The highest BCUT2D eigenvalue weighted by atomic mass is 32.2. The number of anilines is 1. The van der Waals surface area contributed by atoms with Gasteiger partial charge in [-0.05, 0) is 148 Å². The number of hydrogen-bond donors (Lipinski definition) is 0. The van der Waals surface area contributed by atoms with E-state index in [1.807, 2.05) is 90.1 Å². The summed E-state index contributed by atoms with van der Waals surface area (Å²) in [6.07, 6.45) is 0. The number of rotatable bonds is 17. The first-order valence-corrected chi connectivity index (χ1v) is 25.2. The maximum atomic E-state index is 15.4. The third-order valence-electron chi connectivity index (χ3n) is 9.67. The smallest absolute Gasteiger partial charge is 0.426 e. The third-order valence-corrected chi connectivity index (χ3v) is 17.3. The van der Waals surface area contributed by atoms with Crippen LogP contribution < -0.4 is 22.2 Å². The zero-order valence-electron chi connectivity index (χ0n) is 35.7. The van der Waals surface area contributed by atoms with Gasteiger partial charge < -0.3 is 18.1 Å². The molecule has 0 aliphatic carbocycles. The predicted octanol–water partition coefficient (Wildman–Crippen LogP) is 12.7. The first-order chi connectivity index (χ1) is 30.1. The second kappa shape index (κ2) is 19.8. The molecule has 7 aromatic carbocycles. The topological polar surface area (TPSA) is 112 Å². The average Bonchev–Trinajstić information content (AvgIpc) is 3.23. The van der Waals surface area contributed by atoms with Gasteiger partial charge in [0.25, 0.3) is 20.0 Å². The predicted molar refractivity (Wildman–Crippen MR) is 252 cm³/mol. The Bertz CT molecular complexity index is 2820. The molecule has 0 bridgehead atoms. The summed E-state index contributed by atoms with van der Waals surface area (Å²) in [5, 5.41) is 0. The van der Waals surface area contributed by atoms with E-state index in [4.69, 9.17) is 18.1 Å². The minimum atomic E-state index is -4.52. The summed E-state index contributed by atoms with van der Waals surface area (Å²) in [5.74, 6) is 1.52. The van der Waals surface area contributed by atoms with E-state index in [9.17, 15) is 0 Å². The van der Waals surface area contributed by atoms with Crippen LogP contribution in [0.15, 0.2) is 180 Å². The maximum absolute atomic E-state index is 15.4. The van der Waals surface area contributed by atoms with Gasteiger partial charge in [-0.2, -0.15) is 4.08 Å². The Labute approximate surface area is 373 Å². The standard InChI is InChI=1S/C49H48N2O8P2S2/c1-36-23-27-47(28-24-36)62(52,53)50(60(56-43-18-9-13-38(3)31-43)57-44-19-10-14-39(4)32-44)35-42-17-7-8-22-49(42)51(63(54,55)48-29-25-37(2)26-30-48)61(58-45-20-11-15-40(5)33-45)59-46-21-12-16-41(6)34-46/h7-34H,35H2,1-6H3. The number of hydrogen-bond acceptors (Lipinski definition) is 8. The van der Waals surface area contributed by atoms with Gasteiger partial charge in [0.15, 0.2) is 0 Å². The molecule has 14 heteroatoms. The fraction of sp³-hybridized carbons (Fsp3) is 0.143. The maximum Gasteiger partial charge on any atom is 0.432 e. The molecule has 0 aromatic heterocycles. The second-order valence-corrected chi connectivity index (χ2v) is 21.8. The van der Waals surface area contributed by atoms with Gasteiger partial charge in [-0.3, -0.25) is 0 Å². The van der Waals surface area contributed by atoms with E-state index < -0.39 is 43.6 Å². The lowest BCUT2D eigenvalue weighted by Crippen LogP contribution is -2.33. The van der Waals surface area contributed by atoms with Gasteiger partial charge in [-0.1, -0.05) is 102 Å². The van der Waals surface area contributed by atoms with Gasteiger partial charge in [0.05, 0.1) is 22.0 Å². The van der Waals surface area contributed by atoms with Crippen LogP contribution in [0.4, 0.5) is 5.69 Å². The summed E-state index contributed by atoms with van der Waals surface area (Å²) in [5.41, 5.74) is 5.71. The van der Waals surface area contributed by atoms with E-state index >= 15 is 16.8 Å². The normalized spacial score (nSPS) is 11.8. The van der Waals surface area contributed by atoms with Gasteiger partial charge in [0.1, 0.15) is 23.0 Å². The average molecular weight is 919 g/mol. The first-order valence-electron chi connectivity index (χ1n) is 20.0. The van der Waals surface area contributed by atoms with Crippen molar-refractivity contribution < 1.29 is 34.9 Å². The molecule has 0 unspecified atom stereocenters. The quantitative estimate of drug-likeness (QED) is 0.0830.